The maximum atomic E-state index is 16.0. The molecule has 0 bridgehead atoms. The highest BCUT2D eigenvalue weighted by Gasteiger charge is 2.81. The number of fused-ring (bicyclic) bond motifs is 6. The van der Waals surface area contributed by atoms with Crippen LogP contribution >= 0.6 is 34.0 Å². The van der Waals surface area contributed by atoms with Crippen LogP contribution in [-0.4, -0.2) is 31.7 Å². The Kier molecular flexibility index (Phi) is 6.54. The standard InChI is InChI=1S/C32H22F6O2S3/c1-15-23-21(12-13-22-25(23)18-9-5-6-10-19(18)41-22)43-28(15)26-27(31(35,36)32(37,38)30(26,33)34)29-24(16(2)40-14-39-3)17-8-4-7-11-20(17)42-29/h4-13,16H,14H2,1-3H3/t16-/m1/s1. The van der Waals surface area contributed by atoms with Crippen molar-refractivity contribution in [2.24, 2.45) is 0 Å². The van der Waals surface area contributed by atoms with Crippen LogP contribution in [0.3, 0.4) is 0 Å². The third-order valence-corrected chi connectivity index (χ3v) is 11.6. The van der Waals surface area contributed by atoms with Gasteiger partial charge in [-0.3, -0.25) is 0 Å². The predicted octanol–water partition coefficient (Wildman–Crippen LogP) is 11.3. The smallest absolute Gasteiger partial charge is 0.359 e. The van der Waals surface area contributed by atoms with Crippen LogP contribution in [0.5, 0.6) is 0 Å². The Balaban J connectivity index is 1.60. The average Bonchev–Trinajstić information content (AvgIpc) is 3.66. The molecule has 2 nitrogen and oxygen atoms in total. The summed E-state index contributed by atoms with van der Waals surface area (Å²) in [5.41, 5.74) is -2.28. The Bertz CT molecular complexity index is 2100. The molecule has 1 aliphatic carbocycles. The van der Waals surface area contributed by atoms with E-state index in [1.165, 1.54) is 18.4 Å². The molecule has 0 radical (unpaired) electrons. The van der Waals surface area contributed by atoms with Crippen LogP contribution < -0.4 is 0 Å². The minimum absolute atomic E-state index is 0.142. The Morgan fingerprint density at radius 3 is 1.86 bits per heavy atom. The molecular weight excluding hydrogens is 627 g/mol. The van der Waals surface area contributed by atoms with E-state index in [0.717, 1.165) is 42.8 Å². The highest BCUT2D eigenvalue weighted by atomic mass is 32.1. The Morgan fingerprint density at radius 1 is 0.674 bits per heavy atom. The summed E-state index contributed by atoms with van der Waals surface area (Å²) in [7, 11) is 1.38. The molecule has 222 valence electrons. The number of methoxy groups -OCH3 is 1. The number of ether oxygens (including phenoxy) is 2. The van der Waals surface area contributed by atoms with Gasteiger partial charge in [-0.25, -0.2) is 0 Å². The quantitative estimate of drug-likeness (QED) is 0.132. The number of rotatable bonds is 6. The van der Waals surface area contributed by atoms with Gasteiger partial charge in [-0.1, -0.05) is 36.4 Å². The Hall–Kier alpha value is -2.96. The largest absolute Gasteiger partial charge is 0.380 e. The third-order valence-electron chi connectivity index (χ3n) is 8.03. The van der Waals surface area contributed by atoms with Crippen LogP contribution in [0.4, 0.5) is 26.3 Å². The van der Waals surface area contributed by atoms with Gasteiger partial charge in [0.25, 0.3) is 0 Å². The molecule has 6 aromatic rings. The van der Waals surface area contributed by atoms with Crippen LogP contribution in [-0.2, 0) is 9.47 Å². The number of alkyl halides is 6. The van der Waals surface area contributed by atoms with E-state index in [4.69, 9.17) is 9.47 Å². The number of thiophene rings is 3. The van der Waals surface area contributed by atoms with Gasteiger partial charge in [-0.05, 0) is 49.1 Å². The van der Waals surface area contributed by atoms with E-state index in [1.54, 1.807) is 44.2 Å². The second kappa shape index (κ2) is 9.77. The highest BCUT2D eigenvalue weighted by molar-refractivity contribution is 7.26. The van der Waals surface area contributed by atoms with Crippen LogP contribution in [0.25, 0.3) is 51.5 Å². The summed E-state index contributed by atoms with van der Waals surface area (Å²) in [5.74, 6) is -16.0. The molecule has 1 aliphatic rings. The molecule has 3 aromatic carbocycles. The highest BCUT2D eigenvalue weighted by Crippen LogP contribution is 2.67. The van der Waals surface area contributed by atoms with Crippen LogP contribution in [0.15, 0.2) is 60.7 Å². The fourth-order valence-electron chi connectivity index (χ4n) is 6.04. The van der Waals surface area contributed by atoms with Crippen molar-refractivity contribution >= 4 is 85.5 Å². The second-order valence-corrected chi connectivity index (χ2v) is 13.7. The minimum atomic E-state index is -5.66. The zero-order valence-electron chi connectivity index (χ0n) is 22.9. The second-order valence-electron chi connectivity index (χ2n) is 10.5. The molecule has 0 amide bonds. The van der Waals surface area contributed by atoms with Crippen molar-refractivity contribution in [1.29, 1.82) is 0 Å². The number of hydrogen-bond acceptors (Lipinski definition) is 5. The Morgan fingerprint density at radius 2 is 1.21 bits per heavy atom. The first kappa shape index (κ1) is 28.8. The summed E-state index contributed by atoms with van der Waals surface area (Å²) < 4.78 is 108. The van der Waals surface area contributed by atoms with Gasteiger partial charge in [0.1, 0.15) is 6.79 Å². The lowest BCUT2D eigenvalue weighted by atomic mass is 9.96. The van der Waals surface area contributed by atoms with Crippen molar-refractivity contribution in [3.8, 4) is 0 Å². The van der Waals surface area contributed by atoms with Gasteiger partial charge in [0.15, 0.2) is 0 Å². The summed E-state index contributed by atoms with van der Waals surface area (Å²) in [6.45, 7) is 2.90. The first-order chi connectivity index (χ1) is 20.4. The molecule has 0 saturated carbocycles. The molecule has 0 aliphatic heterocycles. The maximum Gasteiger partial charge on any atom is 0.380 e. The molecule has 3 aromatic heterocycles. The van der Waals surface area contributed by atoms with Gasteiger partial charge < -0.3 is 9.47 Å². The zero-order valence-corrected chi connectivity index (χ0v) is 25.3. The number of aryl methyl sites for hydroxylation is 1. The third kappa shape index (κ3) is 3.84. The Labute approximate surface area is 253 Å². The van der Waals surface area contributed by atoms with Gasteiger partial charge in [0, 0.05) is 57.4 Å². The van der Waals surface area contributed by atoms with Crippen LogP contribution in [0.2, 0.25) is 0 Å². The molecule has 0 unspecified atom stereocenters. The lowest BCUT2D eigenvalue weighted by Crippen LogP contribution is -2.48. The molecular formula is C32H22F6O2S3. The molecule has 0 saturated heterocycles. The molecule has 1 atom stereocenters. The van der Waals surface area contributed by atoms with E-state index in [-0.39, 0.29) is 27.7 Å². The van der Waals surface area contributed by atoms with Gasteiger partial charge >= 0.3 is 17.8 Å². The van der Waals surface area contributed by atoms with Gasteiger partial charge in [0.05, 0.1) is 17.3 Å². The predicted molar refractivity (Wildman–Crippen MR) is 164 cm³/mol. The van der Waals surface area contributed by atoms with Crippen molar-refractivity contribution in [1.82, 2.24) is 0 Å². The van der Waals surface area contributed by atoms with Crippen molar-refractivity contribution in [2.75, 3.05) is 13.9 Å². The van der Waals surface area contributed by atoms with E-state index < -0.39 is 35.0 Å². The number of benzene rings is 3. The van der Waals surface area contributed by atoms with Crippen molar-refractivity contribution in [3.05, 3.63) is 81.5 Å². The topological polar surface area (TPSA) is 18.5 Å². The number of hydrogen-bond donors (Lipinski definition) is 0. The monoisotopic (exact) mass is 648 g/mol. The maximum absolute atomic E-state index is 16.0. The molecule has 7 rings (SSSR count). The SMILES string of the molecule is COCO[C@H](C)c1c(C2=C(c3sc4ccc5sc6ccccc6c5c4c3C)C(F)(F)C(F)(F)C2(F)F)sc2ccccc12. The normalized spacial score (nSPS) is 18.5. The van der Waals surface area contributed by atoms with E-state index in [2.05, 4.69) is 0 Å². The summed E-state index contributed by atoms with van der Waals surface area (Å²) in [4.78, 5) is -0.617. The van der Waals surface area contributed by atoms with Gasteiger partial charge in [0.2, 0.25) is 0 Å². The fraction of sp³-hybridized carbons (Fsp3) is 0.250. The minimum Gasteiger partial charge on any atom is -0.359 e. The molecule has 0 spiro atoms. The summed E-state index contributed by atoms with van der Waals surface area (Å²) in [6, 6.07) is 17.8. The summed E-state index contributed by atoms with van der Waals surface area (Å²) in [5, 5.41) is 2.75. The van der Waals surface area contributed by atoms with Gasteiger partial charge in [-0.15, -0.1) is 34.0 Å². The van der Waals surface area contributed by atoms with E-state index in [0.29, 0.717) is 20.2 Å². The lowest BCUT2D eigenvalue weighted by molar-refractivity contribution is -0.254. The van der Waals surface area contributed by atoms with E-state index in [9.17, 15) is 0 Å². The van der Waals surface area contributed by atoms with Crippen LogP contribution in [0.1, 0.15) is 33.9 Å². The lowest BCUT2D eigenvalue weighted by Gasteiger charge is -2.26. The molecule has 11 heteroatoms. The number of halogens is 6. The first-order valence-corrected chi connectivity index (χ1v) is 15.7. The van der Waals surface area contributed by atoms with Gasteiger partial charge in [-0.2, -0.15) is 26.3 Å². The van der Waals surface area contributed by atoms with Crippen LogP contribution in [0, 0.1) is 6.92 Å². The first-order valence-electron chi connectivity index (χ1n) is 13.3. The van der Waals surface area contributed by atoms with Crippen molar-refractivity contribution < 1.29 is 35.8 Å². The molecule has 0 N–H and O–H groups in total. The summed E-state index contributed by atoms with van der Waals surface area (Å²) in [6.07, 6.45) is -0.918. The molecule has 3 heterocycles. The van der Waals surface area contributed by atoms with Crippen molar-refractivity contribution in [3.63, 3.8) is 0 Å². The average molecular weight is 649 g/mol. The zero-order chi connectivity index (χ0) is 30.5. The number of allylic oxidation sites excluding steroid dienone is 2. The summed E-state index contributed by atoms with van der Waals surface area (Å²) >= 11 is 3.14. The fourth-order valence-corrected chi connectivity index (χ4v) is 9.83. The van der Waals surface area contributed by atoms with E-state index >= 15 is 26.3 Å². The molecule has 0 fully saturated rings. The van der Waals surface area contributed by atoms with E-state index in [1.807, 2.05) is 30.3 Å². The van der Waals surface area contributed by atoms with Crippen molar-refractivity contribution in [2.45, 2.75) is 37.7 Å². The molecule has 43 heavy (non-hydrogen) atoms.